The molecule has 0 aliphatic carbocycles. The second-order valence-electron chi connectivity index (χ2n) is 3.55. The van der Waals surface area contributed by atoms with Gasteiger partial charge in [0.2, 0.25) is 5.91 Å². The molecule has 0 N–H and O–H groups in total. The quantitative estimate of drug-likeness (QED) is 0.475. The van der Waals surface area contributed by atoms with Crippen LogP contribution in [0.25, 0.3) is 0 Å². The molecule has 1 fully saturated rings. The van der Waals surface area contributed by atoms with E-state index in [2.05, 4.69) is 20.9 Å². The summed E-state index contributed by atoms with van der Waals surface area (Å²) in [4.78, 5) is 27.1. The minimum absolute atomic E-state index is 0.188. The SMILES string of the molecule is O=C1CC(Cl)CN1c1c(Br)cncc1[N+](=O)[O-]. The van der Waals surface area contributed by atoms with Gasteiger partial charge in [-0.3, -0.25) is 19.9 Å². The highest BCUT2D eigenvalue weighted by Crippen LogP contribution is 2.37. The number of carbonyl (C=O) groups is 1. The van der Waals surface area contributed by atoms with Crippen molar-refractivity contribution in [2.24, 2.45) is 0 Å². The molecule has 0 spiro atoms. The van der Waals surface area contributed by atoms with Crippen molar-refractivity contribution in [3.05, 3.63) is 27.0 Å². The second-order valence-corrected chi connectivity index (χ2v) is 5.02. The van der Waals surface area contributed by atoms with Gasteiger partial charge in [0.1, 0.15) is 11.9 Å². The lowest BCUT2D eigenvalue weighted by atomic mass is 10.3. The van der Waals surface area contributed by atoms with Crippen LogP contribution >= 0.6 is 27.5 Å². The Kier molecular flexibility index (Phi) is 3.30. The first kappa shape index (κ1) is 12.3. The molecule has 1 unspecified atom stereocenters. The van der Waals surface area contributed by atoms with E-state index in [0.29, 0.717) is 4.47 Å². The van der Waals surface area contributed by atoms with Crippen molar-refractivity contribution in [3.63, 3.8) is 0 Å². The molecule has 0 radical (unpaired) electrons. The number of anilines is 1. The molecule has 1 aliphatic heterocycles. The van der Waals surface area contributed by atoms with E-state index in [1.807, 2.05) is 0 Å². The number of hydrogen-bond acceptors (Lipinski definition) is 4. The molecule has 2 rings (SSSR count). The normalized spacial score (nSPS) is 19.8. The standard InChI is InChI=1S/C9H7BrClN3O3/c10-6-2-12-3-7(14(16)17)9(6)13-4-5(11)1-8(13)15/h2-3,5H,1,4H2. The van der Waals surface area contributed by atoms with Crippen LogP contribution in [0.5, 0.6) is 0 Å². The molecule has 0 bridgehead atoms. The summed E-state index contributed by atoms with van der Waals surface area (Å²) in [6.45, 7) is 0.268. The number of alkyl halides is 1. The van der Waals surface area contributed by atoms with Crippen LogP contribution in [-0.2, 0) is 4.79 Å². The van der Waals surface area contributed by atoms with Gasteiger partial charge >= 0.3 is 5.69 Å². The summed E-state index contributed by atoms with van der Waals surface area (Å²) in [5.74, 6) is -0.222. The molecule has 90 valence electrons. The molecule has 1 atom stereocenters. The maximum Gasteiger partial charge on any atom is 0.312 e. The molecule has 1 aromatic heterocycles. The first-order chi connectivity index (χ1) is 8.00. The summed E-state index contributed by atoms with van der Waals surface area (Å²) in [7, 11) is 0. The van der Waals surface area contributed by atoms with E-state index in [0.717, 1.165) is 6.20 Å². The number of hydrogen-bond donors (Lipinski definition) is 0. The average molecular weight is 321 g/mol. The van der Waals surface area contributed by atoms with E-state index in [4.69, 9.17) is 11.6 Å². The third kappa shape index (κ3) is 2.25. The number of carbonyl (C=O) groups excluding carboxylic acids is 1. The summed E-state index contributed by atoms with van der Waals surface area (Å²) in [6, 6.07) is 0. The Hall–Kier alpha value is -1.21. The fourth-order valence-electron chi connectivity index (χ4n) is 1.70. The minimum atomic E-state index is -0.568. The minimum Gasteiger partial charge on any atom is -0.304 e. The number of aromatic nitrogens is 1. The van der Waals surface area contributed by atoms with Gasteiger partial charge in [0.05, 0.1) is 14.8 Å². The first-order valence-electron chi connectivity index (χ1n) is 4.73. The van der Waals surface area contributed by atoms with Crippen LogP contribution in [0.4, 0.5) is 11.4 Å². The first-order valence-corrected chi connectivity index (χ1v) is 5.96. The van der Waals surface area contributed by atoms with Gasteiger partial charge in [-0.2, -0.15) is 0 Å². The summed E-state index contributed by atoms with van der Waals surface area (Å²) in [5.41, 5.74) is 0.0108. The number of nitro groups is 1. The zero-order valence-corrected chi connectivity index (χ0v) is 10.8. The Morgan fingerprint density at radius 3 is 2.82 bits per heavy atom. The molecule has 8 heteroatoms. The lowest BCUT2D eigenvalue weighted by Gasteiger charge is -2.16. The maximum atomic E-state index is 11.7. The number of pyridine rings is 1. The molecule has 1 amide bonds. The molecule has 6 nitrogen and oxygen atoms in total. The molecule has 1 saturated heterocycles. The van der Waals surface area contributed by atoms with E-state index in [1.54, 1.807) is 0 Å². The Morgan fingerprint density at radius 2 is 2.29 bits per heavy atom. The monoisotopic (exact) mass is 319 g/mol. The van der Waals surface area contributed by atoms with Crippen molar-refractivity contribution >= 4 is 44.8 Å². The summed E-state index contributed by atoms with van der Waals surface area (Å²) in [6.07, 6.45) is 2.72. The number of halogens is 2. The highest BCUT2D eigenvalue weighted by molar-refractivity contribution is 9.10. The molecule has 1 aliphatic rings. The lowest BCUT2D eigenvalue weighted by Crippen LogP contribution is -2.26. The van der Waals surface area contributed by atoms with Gasteiger partial charge in [-0.1, -0.05) is 0 Å². The van der Waals surface area contributed by atoms with Crippen LogP contribution in [0.15, 0.2) is 16.9 Å². The van der Waals surface area contributed by atoms with E-state index >= 15 is 0 Å². The largest absolute Gasteiger partial charge is 0.312 e. The fraction of sp³-hybridized carbons (Fsp3) is 0.333. The Morgan fingerprint density at radius 1 is 1.59 bits per heavy atom. The van der Waals surface area contributed by atoms with Gasteiger partial charge in [-0.25, -0.2) is 0 Å². The highest BCUT2D eigenvalue weighted by Gasteiger charge is 2.34. The second kappa shape index (κ2) is 4.58. The number of nitrogens with zero attached hydrogens (tertiary/aromatic N) is 3. The van der Waals surface area contributed by atoms with Crippen molar-refractivity contribution in [2.45, 2.75) is 11.8 Å². The molecular formula is C9H7BrClN3O3. The van der Waals surface area contributed by atoms with Gasteiger partial charge in [-0.15, -0.1) is 11.6 Å². The van der Waals surface area contributed by atoms with E-state index < -0.39 is 4.92 Å². The van der Waals surface area contributed by atoms with Gasteiger partial charge in [0, 0.05) is 19.2 Å². The predicted octanol–water partition coefficient (Wildman–Crippen LogP) is 2.10. The number of amides is 1. The molecule has 0 saturated carbocycles. The van der Waals surface area contributed by atoms with Crippen LogP contribution in [0.2, 0.25) is 0 Å². The molecular weight excluding hydrogens is 313 g/mol. The fourth-order valence-corrected chi connectivity index (χ4v) is 2.50. The Bertz CT molecular complexity index is 496. The van der Waals surface area contributed by atoms with Crippen LogP contribution in [0.1, 0.15) is 6.42 Å². The van der Waals surface area contributed by atoms with E-state index in [1.165, 1.54) is 11.1 Å². The number of rotatable bonds is 2. The molecule has 2 heterocycles. The van der Waals surface area contributed by atoms with E-state index in [-0.39, 0.29) is 35.6 Å². The van der Waals surface area contributed by atoms with Crippen molar-refractivity contribution in [3.8, 4) is 0 Å². The highest BCUT2D eigenvalue weighted by atomic mass is 79.9. The van der Waals surface area contributed by atoms with Crippen LogP contribution < -0.4 is 4.90 Å². The Labute approximate surface area is 110 Å². The van der Waals surface area contributed by atoms with Crippen LogP contribution in [-0.4, -0.2) is 27.7 Å². The van der Waals surface area contributed by atoms with Crippen molar-refractivity contribution in [2.75, 3.05) is 11.4 Å². The average Bonchev–Trinajstić information content (AvgIpc) is 2.57. The summed E-state index contributed by atoms with van der Waals surface area (Å²) in [5, 5.41) is 10.6. The van der Waals surface area contributed by atoms with Crippen LogP contribution in [0, 0.1) is 10.1 Å². The molecule has 0 aromatic carbocycles. The van der Waals surface area contributed by atoms with Gasteiger partial charge in [0.15, 0.2) is 0 Å². The summed E-state index contributed by atoms with van der Waals surface area (Å²) < 4.78 is 0.408. The van der Waals surface area contributed by atoms with Crippen molar-refractivity contribution < 1.29 is 9.72 Å². The smallest absolute Gasteiger partial charge is 0.304 e. The van der Waals surface area contributed by atoms with Crippen molar-refractivity contribution in [1.29, 1.82) is 0 Å². The van der Waals surface area contributed by atoms with Gasteiger partial charge in [-0.05, 0) is 15.9 Å². The van der Waals surface area contributed by atoms with Crippen molar-refractivity contribution in [1.82, 2.24) is 4.98 Å². The predicted molar refractivity (Wildman–Crippen MR) is 65.2 cm³/mol. The zero-order valence-electron chi connectivity index (χ0n) is 8.47. The van der Waals surface area contributed by atoms with Gasteiger partial charge < -0.3 is 4.90 Å². The van der Waals surface area contributed by atoms with Crippen LogP contribution in [0.3, 0.4) is 0 Å². The zero-order chi connectivity index (χ0) is 12.6. The Balaban J connectivity index is 2.51. The topological polar surface area (TPSA) is 76.3 Å². The third-order valence-electron chi connectivity index (χ3n) is 2.40. The summed E-state index contributed by atoms with van der Waals surface area (Å²) >= 11 is 9.04. The van der Waals surface area contributed by atoms with E-state index in [9.17, 15) is 14.9 Å². The molecule has 17 heavy (non-hydrogen) atoms. The maximum absolute atomic E-state index is 11.7. The molecule has 1 aromatic rings. The lowest BCUT2D eigenvalue weighted by molar-refractivity contribution is -0.384. The third-order valence-corrected chi connectivity index (χ3v) is 3.27. The van der Waals surface area contributed by atoms with Gasteiger partial charge in [0.25, 0.3) is 0 Å².